The van der Waals surface area contributed by atoms with Crippen molar-refractivity contribution in [2.75, 3.05) is 38.7 Å². The number of nitrogens with zero attached hydrogens (tertiary/aromatic N) is 1. The fourth-order valence-corrected chi connectivity index (χ4v) is 3.60. The van der Waals surface area contributed by atoms with E-state index in [1.165, 1.54) is 28.8 Å². The molecule has 0 fully saturated rings. The summed E-state index contributed by atoms with van der Waals surface area (Å²) in [6.45, 7) is 2.18. The normalized spacial score (nSPS) is 15.7. The van der Waals surface area contributed by atoms with Crippen molar-refractivity contribution < 1.29 is 4.74 Å². The molecule has 26 heavy (non-hydrogen) atoms. The molecule has 0 aromatic heterocycles. The van der Waals surface area contributed by atoms with E-state index in [-0.39, 0.29) is 0 Å². The zero-order chi connectivity index (χ0) is 18.4. The Bertz CT molecular complexity index is 697. The maximum Gasteiger partial charge on any atom is 0.119 e. The van der Waals surface area contributed by atoms with Gasteiger partial charge in [-0.15, -0.1) is 0 Å². The first-order valence-corrected chi connectivity index (χ1v) is 9.62. The molecule has 4 nitrogen and oxygen atoms in total. The van der Waals surface area contributed by atoms with E-state index < -0.39 is 0 Å². The molecule has 3 N–H and O–H groups in total. The third kappa shape index (κ3) is 4.77. The predicted octanol–water partition coefficient (Wildman–Crippen LogP) is 3.30. The largest absolute Gasteiger partial charge is 0.492 e. The van der Waals surface area contributed by atoms with E-state index in [1.54, 1.807) is 0 Å². The van der Waals surface area contributed by atoms with Gasteiger partial charge in [-0.25, -0.2) is 0 Å². The number of fused-ring (bicyclic) bond motifs is 1. The molecule has 140 valence electrons. The smallest absolute Gasteiger partial charge is 0.119 e. The molecule has 0 radical (unpaired) electrons. The lowest BCUT2D eigenvalue weighted by Gasteiger charge is -2.15. The summed E-state index contributed by atoms with van der Waals surface area (Å²) in [6.07, 6.45) is 4.57. The maximum absolute atomic E-state index is 5.64. The number of ether oxygens (including phenoxy) is 1. The Morgan fingerprint density at radius 3 is 2.69 bits per heavy atom. The van der Waals surface area contributed by atoms with E-state index in [1.807, 2.05) is 0 Å². The first-order chi connectivity index (χ1) is 12.7. The molecule has 4 heteroatoms. The SMILES string of the molecule is CN(C)c1ccc(CCCNC2CCc3cc(OCCN)ccc32)cc1. The third-order valence-electron chi connectivity index (χ3n) is 5.06. The van der Waals surface area contributed by atoms with E-state index in [0.717, 1.165) is 31.6 Å². The van der Waals surface area contributed by atoms with E-state index in [2.05, 4.69) is 66.8 Å². The monoisotopic (exact) mass is 353 g/mol. The lowest BCUT2D eigenvalue weighted by molar-refractivity contribution is 0.328. The Labute approximate surface area is 157 Å². The third-order valence-corrected chi connectivity index (χ3v) is 5.06. The van der Waals surface area contributed by atoms with Crippen molar-refractivity contribution in [3.8, 4) is 5.75 Å². The molecule has 0 heterocycles. The number of nitrogens with two attached hydrogens (primary N) is 1. The van der Waals surface area contributed by atoms with E-state index in [4.69, 9.17) is 10.5 Å². The van der Waals surface area contributed by atoms with Gasteiger partial charge >= 0.3 is 0 Å². The number of hydrogen-bond donors (Lipinski definition) is 2. The Morgan fingerprint density at radius 2 is 1.96 bits per heavy atom. The average molecular weight is 354 g/mol. The molecule has 0 amide bonds. The van der Waals surface area contributed by atoms with Crippen molar-refractivity contribution in [2.45, 2.75) is 31.7 Å². The van der Waals surface area contributed by atoms with Crippen LogP contribution in [0.5, 0.6) is 5.75 Å². The van der Waals surface area contributed by atoms with Gasteiger partial charge in [0.05, 0.1) is 0 Å². The molecule has 2 aromatic rings. The summed E-state index contributed by atoms with van der Waals surface area (Å²) in [5.41, 5.74) is 11.0. The quantitative estimate of drug-likeness (QED) is 0.679. The van der Waals surface area contributed by atoms with Gasteiger partial charge in [0.2, 0.25) is 0 Å². The highest BCUT2D eigenvalue weighted by atomic mass is 16.5. The van der Waals surface area contributed by atoms with Crippen molar-refractivity contribution in [3.05, 3.63) is 59.2 Å². The second-order valence-electron chi connectivity index (χ2n) is 7.21. The molecule has 2 aromatic carbocycles. The molecule has 1 atom stereocenters. The van der Waals surface area contributed by atoms with Gasteiger partial charge in [-0.3, -0.25) is 0 Å². The first-order valence-electron chi connectivity index (χ1n) is 9.62. The van der Waals surface area contributed by atoms with Gasteiger partial charge in [-0.05, 0) is 73.2 Å². The minimum atomic E-state index is 0.477. The molecule has 3 rings (SSSR count). The average Bonchev–Trinajstić information content (AvgIpc) is 3.06. The molecule has 1 aliphatic rings. The Hall–Kier alpha value is -2.04. The summed E-state index contributed by atoms with van der Waals surface area (Å²) in [5, 5.41) is 3.73. The van der Waals surface area contributed by atoms with Crippen LogP contribution >= 0.6 is 0 Å². The van der Waals surface area contributed by atoms with E-state index in [9.17, 15) is 0 Å². The van der Waals surface area contributed by atoms with Crippen molar-refractivity contribution >= 4 is 5.69 Å². The van der Waals surface area contributed by atoms with Crippen molar-refractivity contribution in [3.63, 3.8) is 0 Å². The van der Waals surface area contributed by atoms with Crippen LogP contribution in [-0.4, -0.2) is 33.8 Å². The van der Waals surface area contributed by atoms with Crippen LogP contribution in [0.4, 0.5) is 5.69 Å². The second-order valence-corrected chi connectivity index (χ2v) is 7.21. The van der Waals surface area contributed by atoms with Gasteiger partial charge in [0, 0.05) is 32.4 Å². The van der Waals surface area contributed by atoms with Crippen LogP contribution in [0.1, 0.15) is 35.6 Å². The van der Waals surface area contributed by atoms with Crippen LogP contribution in [0.15, 0.2) is 42.5 Å². The maximum atomic E-state index is 5.64. The summed E-state index contributed by atoms with van der Waals surface area (Å²) < 4.78 is 5.64. The van der Waals surface area contributed by atoms with Crippen molar-refractivity contribution in [1.29, 1.82) is 0 Å². The van der Waals surface area contributed by atoms with Gasteiger partial charge in [-0.1, -0.05) is 18.2 Å². The molecule has 0 aliphatic heterocycles. The Kier molecular flexibility index (Phi) is 6.53. The Morgan fingerprint density at radius 1 is 1.15 bits per heavy atom. The van der Waals surface area contributed by atoms with E-state index in [0.29, 0.717) is 19.2 Å². The molecule has 0 bridgehead atoms. The summed E-state index contributed by atoms with van der Waals surface area (Å²) >= 11 is 0. The van der Waals surface area contributed by atoms with Gasteiger partial charge in [0.1, 0.15) is 12.4 Å². The van der Waals surface area contributed by atoms with Crippen LogP contribution in [0.3, 0.4) is 0 Å². The van der Waals surface area contributed by atoms with Crippen LogP contribution < -0.4 is 20.7 Å². The van der Waals surface area contributed by atoms with Crippen LogP contribution in [0.2, 0.25) is 0 Å². The number of benzene rings is 2. The van der Waals surface area contributed by atoms with Gasteiger partial charge < -0.3 is 20.7 Å². The van der Waals surface area contributed by atoms with Crippen molar-refractivity contribution in [1.82, 2.24) is 5.32 Å². The van der Waals surface area contributed by atoms with E-state index >= 15 is 0 Å². The Balaban J connectivity index is 1.45. The summed E-state index contributed by atoms with van der Waals surface area (Å²) in [7, 11) is 4.15. The van der Waals surface area contributed by atoms with Gasteiger partial charge in [0.25, 0.3) is 0 Å². The fraction of sp³-hybridized carbons (Fsp3) is 0.455. The summed E-state index contributed by atoms with van der Waals surface area (Å²) in [4.78, 5) is 2.13. The lowest BCUT2D eigenvalue weighted by atomic mass is 10.1. The van der Waals surface area contributed by atoms with Crippen LogP contribution in [0, 0.1) is 0 Å². The molecule has 1 unspecified atom stereocenters. The lowest BCUT2D eigenvalue weighted by Crippen LogP contribution is -2.20. The van der Waals surface area contributed by atoms with Gasteiger partial charge in [-0.2, -0.15) is 0 Å². The highest BCUT2D eigenvalue weighted by Crippen LogP contribution is 2.33. The number of aryl methyl sites for hydroxylation is 2. The topological polar surface area (TPSA) is 50.5 Å². The predicted molar refractivity (Wildman–Crippen MR) is 109 cm³/mol. The van der Waals surface area contributed by atoms with Crippen molar-refractivity contribution in [2.24, 2.45) is 5.73 Å². The number of hydrogen-bond acceptors (Lipinski definition) is 4. The molecule has 0 saturated heterocycles. The van der Waals surface area contributed by atoms with Crippen LogP contribution in [-0.2, 0) is 12.8 Å². The summed E-state index contributed by atoms with van der Waals surface area (Å²) in [5.74, 6) is 0.941. The zero-order valence-electron chi connectivity index (χ0n) is 16.0. The molecular formula is C22H31N3O. The zero-order valence-corrected chi connectivity index (χ0v) is 16.0. The first kappa shape index (κ1) is 18.7. The number of nitrogens with one attached hydrogen (secondary N) is 1. The van der Waals surface area contributed by atoms with Gasteiger partial charge in [0.15, 0.2) is 0 Å². The molecule has 0 spiro atoms. The number of rotatable bonds is 9. The highest BCUT2D eigenvalue weighted by molar-refractivity contribution is 5.46. The standard InChI is InChI=1S/C22H31N3O/c1-25(2)19-8-5-17(6-9-19)4-3-14-24-22-12-7-18-16-20(26-15-13-23)10-11-21(18)22/h5-6,8-11,16,22,24H,3-4,7,12-15,23H2,1-2H3. The summed E-state index contributed by atoms with van der Waals surface area (Å²) in [6, 6.07) is 15.8. The number of anilines is 1. The second kappa shape index (κ2) is 9.06. The molecule has 1 aliphatic carbocycles. The molecular weight excluding hydrogens is 322 g/mol. The fourth-order valence-electron chi connectivity index (χ4n) is 3.60. The highest BCUT2D eigenvalue weighted by Gasteiger charge is 2.22. The minimum Gasteiger partial charge on any atom is -0.492 e. The minimum absolute atomic E-state index is 0.477. The van der Waals surface area contributed by atoms with Crippen LogP contribution in [0.25, 0.3) is 0 Å². The molecule has 0 saturated carbocycles.